The zero-order valence-corrected chi connectivity index (χ0v) is 10.3. The topological polar surface area (TPSA) is 66.8 Å². The molecule has 0 radical (unpaired) electrons. The molecule has 0 aromatic heterocycles. The Morgan fingerprint density at radius 1 is 1.41 bits per heavy atom. The zero-order valence-electron chi connectivity index (χ0n) is 10.3. The van der Waals surface area contributed by atoms with Gasteiger partial charge in [-0.1, -0.05) is 0 Å². The van der Waals surface area contributed by atoms with Gasteiger partial charge in [0.25, 0.3) is 0 Å². The number of aliphatic hydroxyl groups excluding tert-OH is 1. The predicted molar refractivity (Wildman–Crippen MR) is 62.3 cm³/mol. The number of hydrogen-bond acceptors (Lipinski definition) is 5. The largest absolute Gasteiger partial charge is 0.495 e. The maximum atomic E-state index is 11.5. The highest BCUT2D eigenvalue weighted by atomic mass is 16.5. The van der Waals surface area contributed by atoms with Crippen LogP contribution >= 0.6 is 0 Å². The number of hydrogen-bond donors (Lipinski definition) is 1. The predicted octanol–water partition coefficient (Wildman–Crippen LogP) is 1.25. The normalized spacial score (nSPS) is 18.0. The molecular weight excluding hydrogens is 222 g/mol. The minimum atomic E-state index is -0.185. The van der Waals surface area contributed by atoms with E-state index in [-0.39, 0.29) is 23.6 Å². The van der Waals surface area contributed by atoms with E-state index in [1.807, 2.05) is 0 Å². The highest BCUT2D eigenvalue weighted by Gasteiger charge is 2.26. The first kappa shape index (κ1) is 13.5. The highest BCUT2D eigenvalue weighted by molar-refractivity contribution is 5.87. The van der Waals surface area contributed by atoms with Gasteiger partial charge in [-0.05, 0) is 26.7 Å². The van der Waals surface area contributed by atoms with Crippen LogP contribution in [0.1, 0.15) is 26.7 Å². The highest BCUT2D eigenvalue weighted by Crippen LogP contribution is 2.20. The number of ether oxygens (including phenoxy) is 1. The van der Waals surface area contributed by atoms with Crippen molar-refractivity contribution >= 4 is 11.8 Å². The van der Waals surface area contributed by atoms with Crippen LogP contribution in [0.3, 0.4) is 0 Å². The number of likely N-dealkylation sites (tertiary alicyclic amines) is 1. The van der Waals surface area contributed by atoms with Gasteiger partial charge in [0.1, 0.15) is 0 Å². The third-order valence-corrected chi connectivity index (χ3v) is 2.77. The lowest BCUT2D eigenvalue weighted by atomic mass is 9.97. The second kappa shape index (κ2) is 6.27. The molecule has 1 saturated heterocycles. The van der Waals surface area contributed by atoms with Crippen LogP contribution in [0.15, 0.2) is 12.0 Å². The third kappa shape index (κ3) is 4.09. The minimum absolute atomic E-state index is 0.0141. The molecule has 1 fully saturated rings. The second-order valence-electron chi connectivity index (χ2n) is 4.13. The van der Waals surface area contributed by atoms with Gasteiger partial charge in [-0.15, -0.1) is 0 Å². The molecule has 96 valence electrons. The maximum absolute atomic E-state index is 11.5. The molecule has 17 heavy (non-hydrogen) atoms. The van der Waals surface area contributed by atoms with Crippen LogP contribution in [-0.4, -0.2) is 41.5 Å². The number of rotatable bonds is 4. The Bertz CT molecular complexity index is 316. The molecule has 5 heteroatoms. The van der Waals surface area contributed by atoms with Crippen molar-refractivity contribution in [1.29, 1.82) is 0 Å². The third-order valence-electron chi connectivity index (χ3n) is 2.77. The van der Waals surface area contributed by atoms with Gasteiger partial charge < -0.3 is 14.7 Å². The van der Waals surface area contributed by atoms with Crippen LogP contribution in [0.2, 0.25) is 0 Å². The summed E-state index contributed by atoms with van der Waals surface area (Å²) in [6, 6.07) is 0. The van der Waals surface area contributed by atoms with Crippen molar-refractivity contribution in [3.63, 3.8) is 0 Å². The van der Waals surface area contributed by atoms with E-state index >= 15 is 0 Å². The van der Waals surface area contributed by atoms with Gasteiger partial charge in [-0.25, -0.2) is 0 Å². The molecule has 5 nitrogen and oxygen atoms in total. The number of allylic oxidation sites excluding steroid dienone is 1. The van der Waals surface area contributed by atoms with Crippen LogP contribution in [0.5, 0.6) is 0 Å². The number of carbonyl (C=O) groups is 2. The molecule has 0 aromatic carbocycles. The van der Waals surface area contributed by atoms with E-state index < -0.39 is 0 Å². The molecule has 0 spiro atoms. The van der Waals surface area contributed by atoms with Gasteiger partial charge in [0, 0.05) is 19.2 Å². The fourth-order valence-electron chi connectivity index (χ4n) is 1.88. The van der Waals surface area contributed by atoms with E-state index in [2.05, 4.69) is 0 Å². The Labute approximate surface area is 101 Å². The molecule has 0 aromatic rings. The standard InChI is InChI=1S/C12H19NO4/c1-3-17-12(16)10-4-6-13(7-5-10)11(15)8-9(2)14/h8,10,15H,3-7H2,1-2H3/b11-8-. The number of nitrogens with zero attached hydrogens (tertiary/aromatic N) is 1. The first-order valence-electron chi connectivity index (χ1n) is 5.87. The quantitative estimate of drug-likeness (QED) is 0.456. The first-order valence-corrected chi connectivity index (χ1v) is 5.87. The van der Waals surface area contributed by atoms with Gasteiger partial charge in [0.15, 0.2) is 11.7 Å². The molecule has 1 rings (SSSR count). The molecule has 0 aliphatic carbocycles. The van der Waals surface area contributed by atoms with Crippen LogP contribution in [-0.2, 0) is 14.3 Å². The van der Waals surface area contributed by atoms with Gasteiger partial charge in [0.2, 0.25) is 0 Å². The molecule has 1 aliphatic rings. The van der Waals surface area contributed by atoms with Crippen molar-refractivity contribution < 1.29 is 19.4 Å². The van der Waals surface area contributed by atoms with E-state index in [1.165, 1.54) is 13.0 Å². The van der Waals surface area contributed by atoms with E-state index in [9.17, 15) is 14.7 Å². The lowest BCUT2D eigenvalue weighted by Crippen LogP contribution is -2.36. The van der Waals surface area contributed by atoms with E-state index in [1.54, 1.807) is 11.8 Å². The lowest BCUT2D eigenvalue weighted by Gasteiger charge is -2.31. The average Bonchev–Trinajstić information content (AvgIpc) is 2.28. The van der Waals surface area contributed by atoms with Crippen molar-refractivity contribution in [1.82, 2.24) is 4.90 Å². The summed E-state index contributed by atoms with van der Waals surface area (Å²) in [7, 11) is 0. The fraction of sp³-hybridized carbons (Fsp3) is 0.667. The van der Waals surface area contributed by atoms with E-state index in [0.717, 1.165) is 0 Å². The number of piperidine rings is 1. The summed E-state index contributed by atoms with van der Waals surface area (Å²) in [4.78, 5) is 24.0. The van der Waals surface area contributed by atoms with Crippen molar-refractivity contribution in [3.05, 3.63) is 12.0 Å². The Morgan fingerprint density at radius 2 is 2.00 bits per heavy atom. The summed E-state index contributed by atoms with van der Waals surface area (Å²) < 4.78 is 4.95. The number of esters is 1. The summed E-state index contributed by atoms with van der Waals surface area (Å²) in [6.07, 6.45) is 2.49. The van der Waals surface area contributed by atoms with Gasteiger partial charge >= 0.3 is 5.97 Å². The Balaban J connectivity index is 2.45. The Hall–Kier alpha value is -1.52. The average molecular weight is 241 g/mol. The molecule has 0 bridgehead atoms. The number of ketones is 1. The smallest absolute Gasteiger partial charge is 0.309 e. The Kier molecular flexibility index (Phi) is 5.00. The van der Waals surface area contributed by atoms with E-state index in [0.29, 0.717) is 32.5 Å². The number of carbonyl (C=O) groups excluding carboxylic acids is 2. The minimum Gasteiger partial charge on any atom is -0.495 e. The van der Waals surface area contributed by atoms with Crippen LogP contribution < -0.4 is 0 Å². The molecule has 1 aliphatic heterocycles. The molecule has 0 amide bonds. The van der Waals surface area contributed by atoms with Crippen LogP contribution in [0.4, 0.5) is 0 Å². The van der Waals surface area contributed by atoms with Crippen molar-refractivity contribution in [2.45, 2.75) is 26.7 Å². The lowest BCUT2D eigenvalue weighted by molar-refractivity contribution is -0.149. The van der Waals surface area contributed by atoms with Gasteiger partial charge in [-0.2, -0.15) is 0 Å². The SMILES string of the molecule is CCOC(=O)C1CCN(/C(O)=C/C(C)=O)CC1. The first-order chi connectivity index (χ1) is 8.04. The van der Waals surface area contributed by atoms with Crippen molar-refractivity contribution in [2.24, 2.45) is 5.92 Å². The van der Waals surface area contributed by atoms with Gasteiger partial charge in [0.05, 0.1) is 12.5 Å². The fourth-order valence-corrected chi connectivity index (χ4v) is 1.88. The van der Waals surface area contributed by atoms with Crippen LogP contribution in [0.25, 0.3) is 0 Å². The molecule has 0 atom stereocenters. The van der Waals surface area contributed by atoms with Gasteiger partial charge in [-0.3, -0.25) is 9.59 Å². The molecule has 0 saturated carbocycles. The Morgan fingerprint density at radius 3 is 2.47 bits per heavy atom. The summed E-state index contributed by atoms with van der Waals surface area (Å²) in [5.41, 5.74) is 0. The number of aliphatic hydroxyl groups is 1. The summed E-state index contributed by atoms with van der Waals surface area (Å²) in [5, 5.41) is 9.62. The second-order valence-corrected chi connectivity index (χ2v) is 4.13. The summed E-state index contributed by atoms with van der Waals surface area (Å²) in [6.45, 7) is 4.71. The van der Waals surface area contributed by atoms with Crippen molar-refractivity contribution in [2.75, 3.05) is 19.7 Å². The zero-order chi connectivity index (χ0) is 12.8. The monoisotopic (exact) mass is 241 g/mol. The van der Waals surface area contributed by atoms with Crippen molar-refractivity contribution in [3.8, 4) is 0 Å². The summed E-state index contributed by atoms with van der Waals surface area (Å²) in [5.74, 6) is -0.451. The molecule has 1 N–H and O–H groups in total. The maximum Gasteiger partial charge on any atom is 0.309 e. The summed E-state index contributed by atoms with van der Waals surface area (Å²) >= 11 is 0. The van der Waals surface area contributed by atoms with Crippen LogP contribution in [0, 0.1) is 5.92 Å². The molecular formula is C12H19NO4. The molecule has 0 unspecified atom stereocenters. The molecule has 1 heterocycles. The van der Waals surface area contributed by atoms with E-state index in [4.69, 9.17) is 4.74 Å².